The number of halogens is 1. The Bertz CT molecular complexity index is 482. The van der Waals surface area contributed by atoms with Gasteiger partial charge in [-0.05, 0) is 30.5 Å². The van der Waals surface area contributed by atoms with Crippen LogP contribution in [0.3, 0.4) is 0 Å². The maximum atomic E-state index is 12.0. The zero-order valence-electron chi connectivity index (χ0n) is 10.2. The number of carbonyl (C=O) groups is 2. The van der Waals surface area contributed by atoms with Gasteiger partial charge in [-0.1, -0.05) is 28.1 Å². The molecule has 1 unspecified atom stereocenters. The molecule has 1 aliphatic rings. The number of carbonyl (C=O) groups excluding carboxylic acids is 2. The van der Waals surface area contributed by atoms with Crippen LogP contribution in [0.25, 0.3) is 0 Å². The predicted octanol–water partition coefficient (Wildman–Crippen LogP) is 3.00. The van der Waals surface area contributed by atoms with E-state index in [1.807, 2.05) is 18.2 Å². The summed E-state index contributed by atoms with van der Waals surface area (Å²) in [6, 6.07) is 5.89. The zero-order chi connectivity index (χ0) is 13.1. The minimum atomic E-state index is -0.358. The van der Waals surface area contributed by atoms with Crippen LogP contribution in [0.5, 0.6) is 0 Å². The number of aryl methyl sites for hydroxylation is 1. The molecule has 1 atom stereocenters. The summed E-state index contributed by atoms with van der Waals surface area (Å²) in [5.41, 5.74) is 2.11. The molecular formula is C14H15BrO3. The summed E-state index contributed by atoms with van der Waals surface area (Å²) in [6.07, 6.45) is 1.41. The summed E-state index contributed by atoms with van der Waals surface area (Å²) in [4.78, 5) is 23.6. The SMILES string of the molecule is CCOC(=O)CC1C(=O)CCc2cccc(Br)c21. The molecule has 1 aromatic carbocycles. The Morgan fingerprint density at radius 2 is 2.22 bits per heavy atom. The highest BCUT2D eigenvalue weighted by Gasteiger charge is 2.31. The van der Waals surface area contributed by atoms with Gasteiger partial charge in [-0.15, -0.1) is 0 Å². The van der Waals surface area contributed by atoms with Crippen LogP contribution < -0.4 is 0 Å². The minimum absolute atomic E-state index is 0.127. The fraction of sp³-hybridized carbons (Fsp3) is 0.429. The highest BCUT2D eigenvalue weighted by molar-refractivity contribution is 9.10. The van der Waals surface area contributed by atoms with Crippen molar-refractivity contribution in [1.29, 1.82) is 0 Å². The number of fused-ring (bicyclic) bond motifs is 1. The van der Waals surface area contributed by atoms with Crippen molar-refractivity contribution in [2.24, 2.45) is 0 Å². The van der Waals surface area contributed by atoms with Crippen LogP contribution in [-0.2, 0) is 20.7 Å². The van der Waals surface area contributed by atoms with Gasteiger partial charge < -0.3 is 4.74 Å². The fourth-order valence-electron chi connectivity index (χ4n) is 2.39. The van der Waals surface area contributed by atoms with Crippen LogP contribution in [0, 0.1) is 0 Å². The Hall–Kier alpha value is -1.16. The molecule has 0 amide bonds. The number of esters is 1. The van der Waals surface area contributed by atoms with Crippen molar-refractivity contribution in [1.82, 2.24) is 0 Å². The molecule has 4 heteroatoms. The van der Waals surface area contributed by atoms with Gasteiger partial charge in [-0.2, -0.15) is 0 Å². The molecule has 1 aliphatic carbocycles. The largest absolute Gasteiger partial charge is 0.466 e. The molecule has 0 spiro atoms. The number of Topliss-reactive ketones (excluding diaryl/α,β-unsaturated/α-hetero) is 1. The highest BCUT2D eigenvalue weighted by atomic mass is 79.9. The Morgan fingerprint density at radius 3 is 2.94 bits per heavy atom. The van der Waals surface area contributed by atoms with E-state index in [9.17, 15) is 9.59 Å². The predicted molar refractivity (Wildman–Crippen MR) is 71.5 cm³/mol. The maximum Gasteiger partial charge on any atom is 0.306 e. The Labute approximate surface area is 115 Å². The van der Waals surface area contributed by atoms with E-state index in [4.69, 9.17) is 4.74 Å². The lowest BCUT2D eigenvalue weighted by Crippen LogP contribution is -2.24. The Morgan fingerprint density at radius 1 is 1.44 bits per heavy atom. The van der Waals surface area contributed by atoms with Gasteiger partial charge in [0.15, 0.2) is 0 Å². The number of ether oxygens (including phenoxy) is 1. The summed E-state index contributed by atoms with van der Waals surface area (Å²) in [5.74, 6) is -0.537. The van der Waals surface area contributed by atoms with E-state index in [1.54, 1.807) is 6.92 Å². The molecule has 18 heavy (non-hydrogen) atoms. The third-order valence-corrected chi connectivity index (χ3v) is 3.89. The van der Waals surface area contributed by atoms with Crippen molar-refractivity contribution in [2.45, 2.75) is 32.1 Å². The molecule has 0 heterocycles. The summed E-state index contributed by atoms with van der Waals surface area (Å²) >= 11 is 3.47. The first-order valence-electron chi connectivity index (χ1n) is 6.09. The number of rotatable bonds is 3. The van der Waals surface area contributed by atoms with Crippen molar-refractivity contribution < 1.29 is 14.3 Å². The normalized spacial score (nSPS) is 18.3. The summed E-state index contributed by atoms with van der Waals surface area (Å²) in [6.45, 7) is 2.12. The van der Waals surface area contributed by atoms with Crippen LogP contribution >= 0.6 is 15.9 Å². The van der Waals surface area contributed by atoms with Gasteiger partial charge in [0, 0.05) is 10.9 Å². The second-order valence-corrected chi connectivity index (χ2v) is 5.20. The van der Waals surface area contributed by atoms with Crippen LogP contribution in [0.15, 0.2) is 22.7 Å². The standard InChI is InChI=1S/C14H15BrO3/c1-2-18-13(17)8-10-12(16)7-6-9-4-3-5-11(15)14(9)10/h3-5,10H,2,6-8H2,1H3. The van der Waals surface area contributed by atoms with Crippen molar-refractivity contribution in [2.75, 3.05) is 6.61 Å². The average Bonchev–Trinajstić information content (AvgIpc) is 2.33. The lowest BCUT2D eigenvalue weighted by molar-refractivity contribution is -0.145. The Balaban J connectivity index is 2.30. The molecule has 1 aromatic rings. The summed E-state index contributed by atoms with van der Waals surface area (Å²) in [7, 11) is 0. The smallest absolute Gasteiger partial charge is 0.306 e. The number of ketones is 1. The van der Waals surface area contributed by atoms with Crippen molar-refractivity contribution >= 4 is 27.7 Å². The Kier molecular flexibility index (Phi) is 4.17. The van der Waals surface area contributed by atoms with Gasteiger partial charge in [-0.3, -0.25) is 9.59 Å². The molecule has 0 N–H and O–H groups in total. The fourth-order valence-corrected chi connectivity index (χ4v) is 3.07. The van der Waals surface area contributed by atoms with E-state index in [1.165, 1.54) is 0 Å². The zero-order valence-corrected chi connectivity index (χ0v) is 11.8. The molecule has 0 aromatic heterocycles. The van der Waals surface area contributed by atoms with Gasteiger partial charge in [-0.25, -0.2) is 0 Å². The first-order valence-corrected chi connectivity index (χ1v) is 6.88. The minimum Gasteiger partial charge on any atom is -0.466 e. The molecular weight excluding hydrogens is 296 g/mol. The second-order valence-electron chi connectivity index (χ2n) is 4.34. The van der Waals surface area contributed by atoms with E-state index < -0.39 is 0 Å². The molecule has 0 saturated heterocycles. The topological polar surface area (TPSA) is 43.4 Å². The summed E-state index contributed by atoms with van der Waals surface area (Å²) < 4.78 is 5.85. The van der Waals surface area contributed by atoms with Crippen molar-refractivity contribution in [3.63, 3.8) is 0 Å². The maximum absolute atomic E-state index is 12.0. The van der Waals surface area contributed by atoms with Gasteiger partial charge >= 0.3 is 5.97 Å². The second kappa shape index (κ2) is 5.65. The number of hydrogen-bond donors (Lipinski definition) is 0. The molecule has 0 fully saturated rings. The van der Waals surface area contributed by atoms with Crippen molar-refractivity contribution in [3.05, 3.63) is 33.8 Å². The molecule has 2 rings (SSSR count). The molecule has 96 valence electrons. The third kappa shape index (κ3) is 2.64. The van der Waals surface area contributed by atoms with Gasteiger partial charge in [0.25, 0.3) is 0 Å². The van der Waals surface area contributed by atoms with E-state index in [-0.39, 0.29) is 24.1 Å². The quantitative estimate of drug-likeness (QED) is 0.806. The van der Waals surface area contributed by atoms with Crippen molar-refractivity contribution in [3.8, 4) is 0 Å². The molecule has 0 bridgehead atoms. The van der Waals surface area contributed by atoms with Gasteiger partial charge in [0.2, 0.25) is 0 Å². The van der Waals surface area contributed by atoms with Crippen LogP contribution in [-0.4, -0.2) is 18.4 Å². The summed E-state index contributed by atoms with van der Waals surface area (Å²) in [5, 5.41) is 0. The number of benzene rings is 1. The van der Waals surface area contributed by atoms with Crippen LogP contribution in [0.1, 0.15) is 36.8 Å². The van der Waals surface area contributed by atoms with E-state index in [2.05, 4.69) is 15.9 Å². The third-order valence-electron chi connectivity index (χ3n) is 3.20. The molecule has 0 aliphatic heterocycles. The van der Waals surface area contributed by atoms with Crippen LogP contribution in [0.2, 0.25) is 0 Å². The first-order chi connectivity index (χ1) is 8.63. The molecule has 0 radical (unpaired) electrons. The monoisotopic (exact) mass is 310 g/mol. The lowest BCUT2D eigenvalue weighted by atomic mass is 9.80. The first kappa shape index (κ1) is 13.3. The van der Waals surface area contributed by atoms with E-state index in [0.29, 0.717) is 13.0 Å². The van der Waals surface area contributed by atoms with E-state index >= 15 is 0 Å². The van der Waals surface area contributed by atoms with Gasteiger partial charge in [0.1, 0.15) is 5.78 Å². The van der Waals surface area contributed by atoms with Crippen LogP contribution in [0.4, 0.5) is 0 Å². The van der Waals surface area contributed by atoms with E-state index in [0.717, 1.165) is 22.0 Å². The average molecular weight is 311 g/mol. The molecule has 3 nitrogen and oxygen atoms in total. The molecule has 0 saturated carbocycles. The lowest BCUT2D eigenvalue weighted by Gasteiger charge is -2.24. The van der Waals surface area contributed by atoms with Gasteiger partial charge in [0.05, 0.1) is 18.9 Å². The highest BCUT2D eigenvalue weighted by Crippen LogP contribution is 2.36. The number of hydrogen-bond acceptors (Lipinski definition) is 3.